The molecular weight excluding hydrogens is 348 g/mol. The normalized spacial score (nSPS) is 12.0. The largest absolute Gasteiger partial charge is 0.389 e. The minimum atomic E-state index is -0.792. The Morgan fingerprint density at radius 2 is 1.92 bits per heavy atom. The van der Waals surface area contributed by atoms with Gasteiger partial charge in [-0.1, -0.05) is 30.4 Å². The van der Waals surface area contributed by atoms with E-state index in [2.05, 4.69) is 41.2 Å². The first-order chi connectivity index (χ1) is 12.2. The van der Waals surface area contributed by atoms with Gasteiger partial charge < -0.3 is 10.4 Å². The molecule has 26 heavy (non-hydrogen) atoms. The van der Waals surface area contributed by atoms with Gasteiger partial charge in [-0.2, -0.15) is 0 Å². The third-order valence-corrected chi connectivity index (χ3v) is 4.85. The smallest absolute Gasteiger partial charge is 0.286 e. The van der Waals surface area contributed by atoms with Gasteiger partial charge in [-0.25, -0.2) is 0 Å². The average molecular weight is 377 g/mol. The number of hydrogen-bond donors (Lipinski definition) is 2. The zero-order valence-corrected chi connectivity index (χ0v) is 16.9. The zero-order valence-electron chi connectivity index (χ0n) is 16.1. The lowest BCUT2D eigenvalue weighted by Gasteiger charge is -2.31. The topological polar surface area (TPSA) is 78.4 Å². The van der Waals surface area contributed by atoms with Crippen molar-refractivity contribution in [2.75, 3.05) is 11.9 Å². The monoisotopic (exact) mass is 376 g/mol. The molecule has 1 amide bonds. The van der Waals surface area contributed by atoms with Crippen LogP contribution in [0.1, 0.15) is 55.0 Å². The van der Waals surface area contributed by atoms with E-state index in [1.807, 2.05) is 24.3 Å². The summed E-state index contributed by atoms with van der Waals surface area (Å²) in [7, 11) is 0. The summed E-state index contributed by atoms with van der Waals surface area (Å²) in [4.78, 5) is 14.5. The Bertz CT molecular complexity index is 720. The van der Waals surface area contributed by atoms with Crippen LogP contribution in [0.3, 0.4) is 0 Å². The summed E-state index contributed by atoms with van der Waals surface area (Å²) < 4.78 is 0. The molecule has 1 aromatic carbocycles. The molecule has 0 atom stereocenters. The maximum atomic E-state index is 12.4. The van der Waals surface area contributed by atoms with E-state index < -0.39 is 5.60 Å². The summed E-state index contributed by atoms with van der Waals surface area (Å²) in [5, 5.41) is 22.2. The van der Waals surface area contributed by atoms with Crippen LogP contribution < -0.4 is 5.32 Å². The van der Waals surface area contributed by atoms with Crippen molar-refractivity contribution in [1.82, 2.24) is 15.1 Å². The van der Waals surface area contributed by atoms with Crippen molar-refractivity contribution in [3.8, 4) is 0 Å². The van der Waals surface area contributed by atoms with E-state index in [0.717, 1.165) is 17.1 Å². The molecule has 7 heteroatoms. The highest BCUT2D eigenvalue weighted by Crippen LogP contribution is 2.18. The number of aliphatic hydroxyl groups is 1. The van der Waals surface area contributed by atoms with Crippen LogP contribution in [0.15, 0.2) is 24.3 Å². The Morgan fingerprint density at radius 3 is 2.46 bits per heavy atom. The number of hydrogen-bond acceptors (Lipinski definition) is 6. The highest BCUT2D eigenvalue weighted by molar-refractivity contribution is 7.13. The van der Waals surface area contributed by atoms with E-state index in [0.29, 0.717) is 18.1 Å². The first-order valence-corrected chi connectivity index (χ1v) is 9.68. The first-order valence-electron chi connectivity index (χ1n) is 8.87. The van der Waals surface area contributed by atoms with Crippen molar-refractivity contribution in [1.29, 1.82) is 0 Å². The number of carbonyl (C=O) groups is 1. The van der Waals surface area contributed by atoms with Gasteiger partial charge in [-0.15, -0.1) is 10.2 Å². The summed E-state index contributed by atoms with van der Waals surface area (Å²) >= 11 is 1.28. The zero-order chi connectivity index (χ0) is 19.3. The van der Waals surface area contributed by atoms with Crippen molar-refractivity contribution in [2.45, 2.75) is 59.2 Å². The second kappa shape index (κ2) is 8.70. The lowest BCUT2D eigenvalue weighted by Crippen LogP contribution is -2.41. The van der Waals surface area contributed by atoms with Crippen LogP contribution in [0.5, 0.6) is 0 Å². The minimum absolute atomic E-state index is 0.250. The van der Waals surface area contributed by atoms with E-state index in [9.17, 15) is 9.90 Å². The highest BCUT2D eigenvalue weighted by atomic mass is 32.1. The predicted molar refractivity (Wildman–Crippen MR) is 106 cm³/mol. The second-order valence-electron chi connectivity index (χ2n) is 7.32. The van der Waals surface area contributed by atoms with Gasteiger partial charge in [-0.3, -0.25) is 9.69 Å². The van der Waals surface area contributed by atoms with Crippen molar-refractivity contribution < 1.29 is 9.90 Å². The maximum Gasteiger partial charge on any atom is 0.286 e. The first kappa shape index (κ1) is 20.5. The molecule has 0 radical (unpaired) electrons. The molecule has 0 spiro atoms. The van der Waals surface area contributed by atoms with Crippen LogP contribution in [0.25, 0.3) is 0 Å². The number of nitrogens with zero attached hydrogens (tertiary/aromatic N) is 3. The average Bonchev–Trinajstić information content (AvgIpc) is 3.02. The van der Waals surface area contributed by atoms with E-state index >= 15 is 0 Å². The standard InChI is InChI=1S/C19H28N4O2S/c1-6-14-7-9-15(10-8-14)20-17(24)18-22-21-16(26-18)11-23(13(2)3)12-19(4,5)25/h7-10,13,25H,6,11-12H2,1-5H3,(H,20,24). The number of rotatable bonds is 8. The van der Waals surface area contributed by atoms with Gasteiger partial charge in [0.15, 0.2) is 0 Å². The van der Waals surface area contributed by atoms with Crippen molar-refractivity contribution >= 4 is 22.9 Å². The number of carbonyl (C=O) groups excluding carboxylic acids is 1. The lowest BCUT2D eigenvalue weighted by atomic mass is 10.1. The van der Waals surface area contributed by atoms with Crippen molar-refractivity contribution in [3.63, 3.8) is 0 Å². The molecule has 0 saturated heterocycles. The van der Waals surface area contributed by atoms with Gasteiger partial charge in [0.1, 0.15) is 5.01 Å². The molecule has 2 N–H and O–H groups in total. The highest BCUT2D eigenvalue weighted by Gasteiger charge is 2.22. The molecular formula is C19H28N4O2S. The number of aryl methyl sites for hydroxylation is 1. The van der Waals surface area contributed by atoms with Gasteiger partial charge in [0, 0.05) is 18.3 Å². The van der Waals surface area contributed by atoms with Gasteiger partial charge in [0.2, 0.25) is 5.01 Å². The Kier molecular flexibility index (Phi) is 6.86. The van der Waals surface area contributed by atoms with Gasteiger partial charge in [0.05, 0.1) is 12.1 Å². The molecule has 0 aliphatic carbocycles. The fraction of sp³-hybridized carbons (Fsp3) is 0.526. The maximum absolute atomic E-state index is 12.4. The number of nitrogens with one attached hydrogen (secondary N) is 1. The van der Waals surface area contributed by atoms with Crippen LogP contribution in [0.4, 0.5) is 5.69 Å². The lowest BCUT2D eigenvalue weighted by molar-refractivity contribution is 0.0224. The van der Waals surface area contributed by atoms with E-state index in [1.54, 1.807) is 13.8 Å². The summed E-state index contributed by atoms with van der Waals surface area (Å²) in [6.45, 7) is 10.9. The summed E-state index contributed by atoms with van der Waals surface area (Å²) in [6.07, 6.45) is 0.963. The SMILES string of the molecule is CCc1ccc(NC(=O)c2nnc(CN(CC(C)(C)O)C(C)C)s2)cc1. The Hall–Kier alpha value is -1.83. The number of benzene rings is 1. The van der Waals surface area contributed by atoms with Crippen LogP contribution in [0.2, 0.25) is 0 Å². The van der Waals surface area contributed by atoms with Gasteiger partial charge in [-0.05, 0) is 51.8 Å². The molecule has 142 valence electrons. The van der Waals surface area contributed by atoms with E-state index in [-0.39, 0.29) is 11.9 Å². The van der Waals surface area contributed by atoms with E-state index in [4.69, 9.17) is 0 Å². The molecule has 0 bridgehead atoms. The molecule has 1 heterocycles. The molecule has 0 aliphatic heterocycles. The summed E-state index contributed by atoms with van der Waals surface area (Å²) in [5.74, 6) is -0.253. The summed E-state index contributed by atoms with van der Waals surface area (Å²) in [6, 6.07) is 8.03. The Labute approximate surface area is 159 Å². The van der Waals surface area contributed by atoms with Crippen molar-refractivity contribution in [2.24, 2.45) is 0 Å². The van der Waals surface area contributed by atoms with Crippen LogP contribution in [-0.4, -0.2) is 44.3 Å². The molecule has 0 unspecified atom stereocenters. The molecule has 0 saturated carbocycles. The van der Waals surface area contributed by atoms with Crippen molar-refractivity contribution in [3.05, 3.63) is 39.8 Å². The predicted octanol–water partition coefficient (Wildman–Crippen LogP) is 3.33. The Balaban J connectivity index is 2.01. The van der Waals surface area contributed by atoms with E-state index in [1.165, 1.54) is 16.9 Å². The number of anilines is 1. The molecule has 6 nitrogen and oxygen atoms in total. The summed E-state index contributed by atoms with van der Waals surface area (Å²) in [5.41, 5.74) is 1.18. The molecule has 0 fully saturated rings. The van der Waals surface area contributed by atoms with Gasteiger partial charge >= 0.3 is 0 Å². The molecule has 2 rings (SSSR count). The third-order valence-electron chi connectivity index (χ3n) is 3.94. The number of aromatic nitrogens is 2. The van der Waals surface area contributed by atoms with Crippen LogP contribution in [0, 0.1) is 0 Å². The fourth-order valence-corrected chi connectivity index (χ4v) is 3.27. The molecule has 2 aromatic rings. The molecule has 0 aliphatic rings. The Morgan fingerprint density at radius 1 is 1.27 bits per heavy atom. The second-order valence-corrected chi connectivity index (χ2v) is 8.38. The van der Waals surface area contributed by atoms with Crippen LogP contribution in [-0.2, 0) is 13.0 Å². The fourth-order valence-electron chi connectivity index (χ4n) is 2.51. The number of amides is 1. The van der Waals surface area contributed by atoms with Gasteiger partial charge in [0.25, 0.3) is 5.91 Å². The molecule has 1 aromatic heterocycles. The van der Waals surface area contributed by atoms with Crippen LogP contribution >= 0.6 is 11.3 Å². The minimum Gasteiger partial charge on any atom is -0.389 e. The quantitative estimate of drug-likeness (QED) is 0.739. The third kappa shape index (κ3) is 6.16.